The lowest BCUT2D eigenvalue weighted by atomic mass is 10.1. The first-order chi connectivity index (χ1) is 17.1. The van der Waals surface area contributed by atoms with Crippen molar-refractivity contribution < 1.29 is 17.9 Å². The summed E-state index contributed by atoms with van der Waals surface area (Å²) in [6.45, 7) is 4.85. The molecule has 10 heteroatoms. The van der Waals surface area contributed by atoms with Crippen LogP contribution in [0.2, 0.25) is 0 Å². The first kappa shape index (κ1) is 27.6. The highest BCUT2D eigenvalue weighted by molar-refractivity contribution is 9.10. The Bertz CT molecular complexity index is 1310. The highest BCUT2D eigenvalue weighted by Crippen LogP contribution is 2.27. The van der Waals surface area contributed by atoms with Crippen molar-refractivity contribution in [1.29, 1.82) is 0 Å². The van der Waals surface area contributed by atoms with Gasteiger partial charge in [0, 0.05) is 18.3 Å². The molecule has 7 nitrogen and oxygen atoms in total. The molecule has 3 aromatic rings. The third-order valence-electron chi connectivity index (χ3n) is 5.26. The predicted molar refractivity (Wildman–Crippen MR) is 151 cm³/mol. The van der Waals surface area contributed by atoms with Crippen molar-refractivity contribution in [3.63, 3.8) is 0 Å². The molecule has 190 valence electrons. The molecule has 0 spiro atoms. The second-order valence-corrected chi connectivity index (χ2v) is 11.6. The number of carbonyl (C=O) groups excluding carboxylic acids is 1. The lowest BCUT2D eigenvalue weighted by molar-refractivity contribution is 0.0977. The quantitative estimate of drug-likeness (QED) is 0.305. The number of carbonyl (C=O) groups is 1. The van der Waals surface area contributed by atoms with Crippen LogP contribution in [0.25, 0.3) is 0 Å². The Labute approximate surface area is 226 Å². The molecule has 0 aliphatic carbocycles. The first-order valence-corrected chi connectivity index (χ1v) is 13.9. The number of halogens is 1. The van der Waals surface area contributed by atoms with E-state index in [0.717, 1.165) is 6.42 Å². The molecule has 0 aliphatic heterocycles. The largest absolute Gasteiger partial charge is 0.492 e. The summed E-state index contributed by atoms with van der Waals surface area (Å²) in [5, 5.41) is 5.62. The number of hydrogen-bond donors (Lipinski definition) is 2. The van der Waals surface area contributed by atoms with E-state index < -0.39 is 10.0 Å². The van der Waals surface area contributed by atoms with E-state index in [2.05, 4.69) is 40.4 Å². The molecule has 3 rings (SSSR count). The fraction of sp³-hybridized carbons (Fsp3) is 0.231. The number of anilines is 2. The van der Waals surface area contributed by atoms with Crippen LogP contribution in [0, 0.1) is 5.92 Å². The van der Waals surface area contributed by atoms with Gasteiger partial charge in [-0.3, -0.25) is 14.4 Å². The summed E-state index contributed by atoms with van der Waals surface area (Å²) in [5.74, 6) is 0.824. The lowest BCUT2D eigenvalue weighted by Crippen LogP contribution is -2.34. The van der Waals surface area contributed by atoms with Gasteiger partial charge in [-0.2, -0.15) is 0 Å². The molecule has 0 heterocycles. The van der Waals surface area contributed by atoms with Gasteiger partial charge in [0.15, 0.2) is 5.11 Å². The standard InChI is InChI=1S/C26H28BrN3O4S2/c1-18(2)15-16-34-24-14-9-19(17-23(24)27)25(31)29-26(35)28-20-10-12-22(13-11-20)36(32,33)30(3)21-7-5-4-6-8-21/h4-14,17-18H,15-16H2,1-3H3,(H2,28,29,31,35). The zero-order valence-electron chi connectivity index (χ0n) is 20.2. The number of benzene rings is 3. The minimum atomic E-state index is -3.72. The van der Waals surface area contributed by atoms with E-state index in [-0.39, 0.29) is 15.9 Å². The number of rotatable bonds is 9. The number of amides is 1. The van der Waals surface area contributed by atoms with E-state index in [1.807, 2.05) is 6.07 Å². The maximum absolute atomic E-state index is 12.9. The van der Waals surface area contributed by atoms with Crippen molar-refractivity contribution in [3.05, 3.63) is 82.8 Å². The average Bonchev–Trinajstić information content (AvgIpc) is 2.85. The summed E-state index contributed by atoms with van der Waals surface area (Å²) < 4.78 is 33.5. The van der Waals surface area contributed by atoms with Crippen LogP contribution in [0.4, 0.5) is 11.4 Å². The Morgan fingerprint density at radius 3 is 2.33 bits per heavy atom. The number of ether oxygens (including phenoxy) is 1. The van der Waals surface area contributed by atoms with Gasteiger partial charge in [0.1, 0.15) is 5.75 Å². The van der Waals surface area contributed by atoms with Gasteiger partial charge < -0.3 is 10.1 Å². The van der Waals surface area contributed by atoms with Crippen LogP contribution in [0.1, 0.15) is 30.6 Å². The molecule has 0 atom stereocenters. The normalized spacial score (nSPS) is 11.1. The summed E-state index contributed by atoms with van der Waals surface area (Å²) in [6, 6.07) is 20.0. The van der Waals surface area contributed by atoms with Gasteiger partial charge in [-0.05, 0) is 95.1 Å². The van der Waals surface area contributed by atoms with Gasteiger partial charge in [-0.15, -0.1) is 0 Å². The molecule has 0 saturated carbocycles. The van der Waals surface area contributed by atoms with E-state index in [0.29, 0.717) is 39.7 Å². The first-order valence-electron chi connectivity index (χ1n) is 11.3. The highest BCUT2D eigenvalue weighted by Gasteiger charge is 2.21. The van der Waals surface area contributed by atoms with Crippen LogP contribution in [0.3, 0.4) is 0 Å². The van der Waals surface area contributed by atoms with E-state index in [9.17, 15) is 13.2 Å². The summed E-state index contributed by atoms with van der Waals surface area (Å²) in [7, 11) is -2.22. The maximum Gasteiger partial charge on any atom is 0.264 e. The molecule has 36 heavy (non-hydrogen) atoms. The van der Waals surface area contributed by atoms with E-state index in [4.69, 9.17) is 17.0 Å². The molecule has 3 aromatic carbocycles. The molecule has 0 unspecified atom stereocenters. The average molecular weight is 591 g/mol. The molecule has 0 bridgehead atoms. The Kier molecular flexibility index (Phi) is 9.47. The van der Waals surface area contributed by atoms with E-state index in [1.165, 1.54) is 23.5 Å². The van der Waals surface area contributed by atoms with Crippen LogP contribution in [-0.2, 0) is 10.0 Å². The van der Waals surface area contributed by atoms with Crippen molar-refractivity contribution in [2.24, 2.45) is 5.92 Å². The summed E-state index contributed by atoms with van der Waals surface area (Å²) >= 11 is 8.70. The Hall–Kier alpha value is -2.95. The second kappa shape index (κ2) is 12.3. The number of nitrogens with one attached hydrogen (secondary N) is 2. The van der Waals surface area contributed by atoms with Crippen molar-refractivity contribution in [2.75, 3.05) is 23.3 Å². The van der Waals surface area contributed by atoms with Gasteiger partial charge in [0.2, 0.25) is 0 Å². The smallest absolute Gasteiger partial charge is 0.264 e. The minimum Gasteiger partial charge on any atom is -0.492 e. The lowest BCUT2D eigenvalue weighted by Gasteiger charge is -2.19. The topological polar surface area (TPSA) is 87.7 Å². The van der Waals surface area contributed by atoms with Crippen molar-refractivity contribution >= 4 is 60.6 Å². The van der Waals surface area contributed by atoms with Gasteiger partial charge in [0.05, 0.1) is 21.7 Å². The summed E-state index contributed by atoms with van der Waals surface area (Å²) in [5.41, 5.74) is 1.51. The van der Waals surface area contributed by atoms with Crippen LogP contribution in [-0.4, -0.2) is 33.1 Å². The third kappa shape index (κ3) is 7.28. The fourth-order valence-corrected chi connectivity index (χ4v) is 5.05. The Morgan fingerprint density at radius 2 is 1.72 bits per heavy atom. The van der Waals surface area contributed by atoms with Crippen LogP contribution in [0.5, 0.6) is 5.75 Å². The van der Waals surface area contributed by atoms with Crippen LogP contribution < -0.4 is 19.7 Å². The number of sulfonamides is 1. The zero-order valence-corrected chi connectivity index (χ0v) is 23.4. The summed E-state index contributed by atoms with van der Waals surface area (Å²) in [4.78, 5) is 12.8. The van der Waals surface area contributed by atoms with E-state index in [1.54, 1.807) is 54.6 Å². The molecule has 0 fully saturated rings. The van der Waals surface area contributed by atoms with Crippen LogP contribution >= 0.6 is 28.1 Å². The highest BCUT2D eigenvalue weighted by atomic mass is 79.9. The fourth-order valence-electron chi connectivity index (χ4n) is 3.15. The van der Waals surface area contributed by atoms with Crippen molar-refractivity contribution in [2.45, 2.75) is 25.2 Å². The van der Waals surface area contributed by atoms with Crippen molar-refractivity contribution in [1.82, 2.24) is 5.32 Å². The number of hydrogen-bond acceptors (Lipinski definition) is 5. The third-order valence-corrected chi connectivity index (χ3v) is 7.89. The second-order valence-electron chi connectivity index (χ2n) is 8.42. The molecule has 2 N–H and O–H groups in total. The molecular formula is C26H28BrN3O4S2. The van der Waals surface area contributed by atoms with Gasteiger partial charge >= 0.3 is 0 Å². The molecule has 0 saturated heterocycles. The number of para-hydroxylation sites is 1. The minimum absolute atomic E-state index is 0.0883. The SMILES string of the molecule is CC(C)CCOc1ccc(C(=O)NC(=S)Nc2ccc(S(=O)(=O)N(C)c3ccccc3)cc2)cc1Br. The van der Waals surface area contributed by atoms with Crippen molar-refractivity contribution in [3.8, 4) is 5.75 Å². The Morgan fingerprint density at radius 1 is 1.06 bits per heavy atom. The molecular weight excluding hydrogens is 562 g/mol. The molecule has 0 aliphatic rings. The van der Waals surface area contributed by atoms with Crippen LogP contribution in [0.15, 0.2) is 82.2 Å². The predicted octanol–water partition coefficient (Wildman–Crippen LogP) is 5.83. The number of nitrogens with zero attached hydrogens (tertiary/aromatic N) is 1. The molecule has 0 aromatic heterocycles. The van der Waals surface area contributed by atoms with E-state index >= 15 is 0 Å². The Balaban J connectivity index is 1.59. The zero-order chi connectivity index (χ0) is 26.3. The monoisotopic (exact) mass is 589 g/mol. The summed E-state index contributed by atoms with van der Waals surface area (Å²) in [6.07, 6.45) is 0.936. The van der Waals surface area contributed by atoms with Gasteiger partial charge in [-0.25, -0.2) is 8.42 Å². The molecule has 0 radical (unpaired) electrons. The number of thiocarbonyl (C=S) groups is 1. The van der Waals surface area contributed by atoms with Gasteiger partial charge in [-0.1, -0.05) is 32.0 Å². The maximum atomic E-state index is 12.9. The van der Waals surface area contributed by atoms with Gasteiger partial charge in [0.25, 0.3) is 15.9 Å². The molecule has 1 amide bonds.